The van der Waals surface area contributed by atoms with Crippen molar-refractivity contribution in [1.82, 2.24) is 0 Å². The van der Waals surface area contributed by atoms with Crippen LogP contribution in [0.1, 0.15) is 29.6 Å². The van der Waals surface area contributed by atoms with Crippen molar-refractivity contribution in [2.24, 2.45) is 0 Å². The minimum absolute atomic E-state index is 0.0322. The molecule has 1 aliphatic carbocycles. The zero-order chi connectivity index (χ0) is 15.0. The number of carboxylic acid groups (broad SMARTS) is 1. The normalized spacial score (nSPS) is 17.1. The van der Waals surface area contributed by atoms with Crippen molar-refractivity contribution in [3.8, 4) is 0 Å². The minimum atomic E-state index is -3.50. The molecule has 7 heteroatoms. The summed E-state index contributed by atoms with van der Waals surface area (Å²) in [5, 5.41) is 11.4. The van der Waals surface area contributed by atoms with Crippen molar-refractivity contribution < 1.29 is 23.1 Å². The molecule has 0 bridgehead atoms. The van der Waals surface area contributed by atoms with Gasteiger partial charge in [-0.15, -0.1) is 0 Å². The standard InChI is InChI=1S/C13H15NO5S/c1-20(18,19)13(6-3-7-13)12(17)14-10-5-2-4-9(8-10)11(15)16/h2,4-5,8H,3,6-7H2,1H3,(H,14,17)(H,15,16). The highest BCUT2D eigenvalue weighted by molar-refractivity contribution is 7.93. The average Bonchev–Trinajstić information content (AvgIpc) is 2.25. The molecule has 0 heterocycles. The molecule has 20 heavy (non-hydrogen) atoms. The number of anilines is 1. The molecule has 0 atom stereocenters. The van der Waals surface area contributed by atoms with E-state index in [0.717, 1.165) is 6.26 Å². The number of rotatable bonds is 4. The number of hydrogen-bond donors (Lipinski definition) is 2. The maximum absolute atomic E-state index is 12.2. The Kier molecular flexibility index (Phi) is 3.56. The lowest BCUT2D eigenvalue weighted by atomic mass is 9.83. The fraction of sp³-hybridized carbons (Fsp3) is 0.385. The highest BCUT2D eigenvalue weighted by atomic mass is 32.2. The van der Waals surface area contributed by atoms with Gasteiger partial charge in [0, 0.05) is 11.9 Å². The Morgan fingerprint density at radius 2 is 1.95 bits per heavy atom. The van der Waals surface area contributed by atoms with E-state index < -0.39 is 26.5 Å². The SMILES string of the molecule is CS(=O)(=O)C1(C(=O)Nc2cccc(C(=O)O)c2)CCC1. The Balaban J connectivity index is 2.24. The van der Waals surface area contributed by atoms with E-state index in [4.69, 9.17) is 5.11 Å². The van der Waals surface area contributed by atoms with E-state index in [1.54, 1.807) is 0 Å². The third-order valence-corrected chi connectivity index (χ3v) is 5.67. The van der Waals surface area contributed by atoms with E-state index in [2.05, 4.69) is 5.32 Å². The quantitative estimate of drug-likeness (QED) is 0.872. The fourth-order valence-corrected chi connectivity index (χ4v) is 3.66. The zero-order valence-electron chi connectivity index (χ0n) is 10.9. The second-order valence-electron chi connectivity index (χ2n) is 4.96. The van der Waals surface area contributed by atoms with E-state index in [-0.39, 0.29) is 11.3 Å². The van der Waals surface area contributed by atoms with Crippen molar-refractivity contribution in [2.75, 3.05) is 11.6 Å². The summed E-state index contributed by atoms with van der Waals surface area (Å²) >= 11 is 0. The van der Waals surface area contributed by atoms with Crippen molar-refractivity contribution in [1.29, 1.82) is 0 Å². The molecular formula is C13H15NO5S. The summed E-state index contributed by atoms with van der Waals surface area (Å²) in [7, 11) is -3.50. The van der Waals surface area contributed by atoms with Gasteiger partial charge in [-0.1, -0.05) is 6.07 Å². The molecule has 1 aromatic rings. The van der Waals surface area contributed by atoms with Crippen molar-refractivity contribution in [2.45, 2.75) is 24.0 Å². The summed E-state index contributed by atoms with van der Waals surface area (Å²) in [6.45, 7) is 0. The summed E-state index contributed by atoms with van der Waals surface area (Å²) in [5.74, 6) is -1.70. The first kappa shape index (κ1) is 14.5. The van der Waals surface area contributed by atoms with E-state index in [1.807, 2.05) is 0 Å². The van der Waals surface area contributed by atoms with Crippen molar-refractivity contribution in [3.05, 3.63) is 29.8 Å². The first-order valence-corrected chi connectivity index (χ1v) is 8.00. The topological polar surface area (TPSA) is 101 Å². The van der Waals surface area contributed by atoms with Gasteiger partial charge in [0.25, 0.3) is 0 Å². The van der Waals surface area contributed by atoms with Crippen LogP contribution < -0.4 is 5.32 Å². The summed E-state index contributed by atoms with van der Waals surface area (Å²) in [6, 6.07) is 5.72. The molecule has 6 nitrogen and oxygen atoms in total. The molecule has 0 unspecified atom stereocenters. The highest BCUT2D eigenvalue weighted by Crippen LogP contribution is 2.40. The number of carbonyl (C=O) groups is 2. The second kappa shape index (κ2) is 4.90. The number of nitrogens with one attached hydrogen (secondary N) is 1. The maximum atomic E-state index is 12.2. The second-order valence-corrected chi connectivity index (χ2v) is 7.29. The molecule has 0 saturated heterocycles. The summed E-state index contributed by atoms with van der Waals surface area (Å²) in [6.07, 6.45) is 2.35. The summed E-state index contributed by atoms with van der Waals surface area (Å²) in [4.78, 5) is 23.1. The van der Waals surface area contributed by atoms with Gasteiger partial charge in [-0.3, -0.25) is 4.79 Å². The van der Waals surface area contributed by atoms with Crippen LogP contribution in [0.2, 0.25) is 0 Å². The summed E-state index contributed by atoms with van der Waals surface area (Å²) < 4.78 is 22.2. The van der Waals surface area contributed by atoms with Crippen LogP contribution in [0.15, 0.2) is 24.3 Å². The van der Waals surface area contributed by atoms with Crippen LogP contribution >= 0.6 is 0 Å². The van der Waals surface area contributed by atoms with Crippen LogP contribution in [0.5, 0.6) is 0 Å². The number of carbonyl (C=O) groups excluding carboxylic acids is 1. The predicted octanol–water partition coefficient (Wildman–Crippen LogP) is 1.29. The molecule has 1 fully saturated rings. The van der Waals surface area contributed by atoms with Crippen LogP contribution in [0.3, 0.4) is 0 Å². The first-order valence-electron chi connectivity index (χ1n) is 6.11. The number of sulfone groups is 1. The first-order chi connectivity index (χ1) is 9.26. The molecule has 2 rings (SSSR count). The molecule has 0 aromatic heterocycles. The van der Waals surface area contributed by atoms with Gasteiger partial charge in [0.05, 0.1) is 5.56 Å². The van der Waals surface area contributed by atoms with Crippen molar-refractivity contribution >= 4 is 27.4 Å². The van der Waals surface area contributed by atoms with E-state index in [9.17, 15) is 18.0 Å². The van der Waals surface area contributed by atoms with Crippen LogP contribution in [0.25, 0.3) is 0 Å². The van der Waals surface area contributed by atoms with Crippen LogP contribution in [0.4, 0.5) is 5.69 Å². The van der Waals surface area contributed by atoms with Gasteiger partial charge in [0.1, 0.15) is 0 Å². The van der Waals surface area contributed by atoms with E-state index in [0.29, 0.717) is 19.3 Å². The third-order valence-electron chi connectivity index (χ3n) is 3.65. The van der Waals surface area contributed by atoms with Gasteiger partial charge in [-0.05, 0) is 37.5 Å². The fourth-order valence-electron chi connectivity index (χ4n) is 2.24. The molecular weight excluding hydrogens is 282 g/mol. The Labute approximate surface area is 116 Å². The molecule has 0 spiro atoms. The predicted molar refractivity (Wildman–Crippen MR) is 73.5 cm³/mol. The van der Waals surface area contributed by atoms with Crippen LogP contribution in [-0.2, 0) is 14.6 Å². The van der Waals surface area contributed by atoms with Gasteiger partial charge >= 0.3 is 5.97 Å². The number of carboxylic acids is 1. The van der Waals surface area contributed by atoms with Crippen molar-refractivity contribution in [3.63, 3.8) is 0 Å². The average molecular weight is 297 g/mol. The Bertz CT molecular complexity index is 661. The maximum Gasteiger partial charge on any atom is 0.335 e. The molecule has 1 amide bonds. The van der Waals surface area contributed by atoms with Gasteiger partial charge < -0.3 is 10.4 Å². The Morgan fingerprint density at radius 1 is 1.30 bits per heavy atom. The third kappa shape index (κ3) is 2.40. The number of amides is 1. The summed E-state index contributed by atoms with van der Waals surface area (Å²) in [5.41, 5.74) is 0.314. The largest absolute Gasteiger partial charge is 0.478 e. The molecule has 1 aliphatic rings. The van der Waals surface area contributed by atoms with E-state index in [1.165, 1.54) is 24.3 Å². The Hall–Kier alpha value is -1.89. The number of hydrogen-bond acceptors (Lipinski definition) is 4. The molecule has 1 aromatic carbocycles. The monoisotopic (exact) mass is 297 g/mol. The van der Waals surface area contributed by atoms with Crippen LogP contribution in [0, 0.1) is 0 Å². The minimum Gasteiger partial charge on any atom is -0.478 e. The van der Waals surface area contributed by atoms with Gasteiger partial charge in [-0.25, -0.2) is 13.2 Å². The zero-order valence-corrected chi connectivity index (χ0v) is 11.7. The molecule has 1 saturated carbocycles. The van der Waals surface area contributed by atoms with E-state index >= 15 is 0 Å². The number of aromatic carboxylic acids is 1. The lowest BCUT2D eigenvalue weighted by Gasteiger charge is -2.38. The molecule has 2 N–H and O–H groups in total. The highest BCUT2D eigenvalue weighted by Gasteiger charge is 2.52. The van der Waals surface area contributed by atoms with Gasteiger partial charge in [0.15, 0.2) is 14.6 Å². The molecule has 0 aliphatic heterocycles. The lowest BCUT2D eigenvalue weighted by Crippen LogP contribution is -2.54. The molecule has 0 radical (unpaired) electrons. The van der Waals surface area contributed by atoms with Gasteiger partial charge in [-0.2, -0.15) is 0 Å². The Morgan fingerprint density at radius 3 is 2.40 bits per heavy atom. The number of benzene rings is 1. The lowest BCUT2D eigenvalue weighted by molar-refractivity contribution is -0.120. The van der Waals surface area contributed by atoms with Gasteiger partial charge in [0.2, 0.25) is 5.91 Å². The van der Waals surface area contributed by atoms with Crippen LogP contribution in [-0.4, -0.2) is 36.4 Å². The smallest absolute Gasteiger partial charge is 0.335 e. The molecule has 108 valence electrons.